The summed E-state index contributed by atoms with van der Waals surface area (Å²) < 4.78 is 34.3. The number of esters is 2. The molecule has 55 heavy (non-hydrogen) atoms. The van der Waals surface area contributed by atoms with E-state index in [1.807, 2.05) is 96.2 Å². The molecule has 1 saturated heterocycles. The first kappa shape index (κ1) is 42.9. The van der Waals surface area contributed by atoms with E-state index in [1.54, 1.807) is 49.6 Å². The first-order chi connectivity index (χ1) is 26.3. The Balaban J connectivity index is 1.58. The number of hydrogen-bond donors (Lipinski definition) is 2. The van der Waals surface area contributed by atoms with Crippen LogP contribution in [-0.4, -0.2) is 82.0 Å². The molecule has 4 rings (SSSR count). The average Bonchev–Trinajstić information content (AvgIpc) is 3.47. The van der Waals surface area contributed by atoms with E-state index in [-0.39, 0.29) is 35.9 Å². The topological polar surface area (TPSA) is 167 Å². The number of carbonyl (C=O) groups excluding carboxylic acids is 2. The van der Waals surface area contributed by atoms with Crippen LogP contribution in [0.3, 0.4) is 0 Å². The molecule has 1 fully saturated rings. The molecule has 2 aromatic rings. The molecule has 4 heterocycles. The Bertz CT molecular complexity index is 1800. The lowest BCUT2D eigenvalue weighted by Crippen LogP contribution is -2.42. The van der Waals surface area contributed by atoms with Gasteiger partial charge in [-0.3, -0.25) is 0 Å². The van der Waals surface area contributed by atoms with E-state index >= 15 is 0 Å². The minimum atomic E-state index is -0.880. The largest absolute Gasteiger partial charge is 0.457 e. The number of aliphatic hydroxyl groups is 2. The number of epoxide rings is 1. The van der Waals surface area contributed by atoms with Gasteiger partial charge in [-0.05, 0) is 13.8 Å². The highest BCUT2D eigenvalue weighted by atomic mass is 16.6. The van der Waals surface area contributed by atoms with Gasteiger partial charge >= 0.3 is 11.9 Å². The van der Waals surface area contributed by atoms with Crippen molar-refractivity contribution < 1.29 is 47.6 Å². The van der Waals surface area contributed by atoms with Gasteiger partial charge in [-0.1, -0.05) is 119 Å². The van der Waals surface area contributed by atoms with Gasteiger partial charge in [0.2, 0.25) is 5.89 Å². The van der Waals surface area contributed by atoms with Crippen LogP contribution in [0.15, 0.2) is 113 Å². The molecule has 7 atom stereocenters. The van der Waals surface area contributed by atoms with E-state index in [2.05, 4.69) is 9.97 Å². The maximum atomic E-state index is 13.3. The molecule has 2 aromatic heterocycles. The lowest BCUT2D eigenvalue weighted by atomic mass is 9.79. The van der Waals surface area contributed by atoms with E-state index in [9.17, 15) is 19.8 Å². The molecule has 0 spiro atoms. The van der Waals surface area contributed by atoms with Gasteiger partial charge in [0.15, 0.2) is 17.3 Å². The van der Waals surface area contributed by atoms with Gasteiger partial charge < -0.3 is 38.0 Å². The maximum absolute atomic E-state index is 13.3. The minimum absolute atomic E-state index is 0.00780. The summed E-state index contributed by atoms with van der Waals surface area (Å²) in [5.41, 5.74) is -1.66. The Morgan fingerprint density at radius 1 is 0.745 bits per heavy atom. The summed E-state index contributed by atoms with van der Waals surface area (Å²) in [5, 5.41) is 21.8. The van der Waals surface area contributed by atoms with E-state index < -0.39 is 53.3 Å². The summed E-state index contributed by atoms with van der Waals surface area (Å²) >= 11 is 0. The molecule has 12 heteroatoms. The third-order valence-electron chi connectivity index (χ3n) is 9.64. The van der Waals surface area contributed by atoms with Gasteiger partial charge in [0.05, 0.1) is 24.7 Å². The van der Waals surface area contributed by atoms with Gasteiger partial charge in [0, 0.05) is 36.9 Å². The molecule has 296 valence electrons. The van der Waals surface area contributed by atoms with Gasteiger partial charge in [-0.2, -0.15) is 0 Å². The number of ether oxygens (including phenoxy) is 4. The summed E-state index contributed by atoms with van der Waals surface area (Å²) in [5.74, 6) is -0.828. The van der Waals surface area contributed by atoms with Crippen LogP contribution >= 0.6 is 0 Å². The fourth-order valence-electron chi connectivity index (χ4n) is 5.68. The monoisotopic (exact) mass is 758 g/mol. The molecule has 0 aliphatic carbocycles. The number of carbonyl (C=O) groups is 2. The van der Waals surface area contributed by atoms with Crippen molar-refractivity contribution >= 4 is 18.0 Å². The molecular formula is C43H54N2O10. The highest BCUT2D eigenvalue weighted by Crippen LogP contribution is 2.34. The first-order valence-corrected chi connectivity index (χ1v) is 18.4. The second kappa shape index (κ2) is 20.2. The molecule has 2 aliphatic heterocycles. The maximum Gasteiger partial charge on any atom is 0.360 e. The molecule has 2 aliphatic rings. The molecule has 2 N–H and O–H groups in total. The zero-order valence-electron chi connectivity index (χ0n) is 32.6. The number of fused-ring (bicyclic) bond motifs is 5. The van der Waals surface area contributed by atoms with Crippen molar-refractivity contribution in [2.75, 3.05) is 7.11 Å². The Labute approximate surface area is 323 Å². The van der Waals surface area contributed by atoms with E-state index in [4.69, 9.17) is 27.8 Å². The van der Waals surface area contributed by atoms with Crippen LogP contribution in [0.1, 0.15) is 87.1 Å². The molecule has 0 saturated carbocycles. The van der Waals surface area contributed by atoms with Gasteiger partial charge in [0.25, 0.3) is 0 Å². The van der Waals surface area contributed by atoms with Crippen LogP contribution in [0, 0.1) is 10.8 Å². The molecule has 4 bridgehead atoms. The molecule has 0 amide bonds. The third kappa shape index (κ3) is 12.3. The van der Waals surface area contributed by atoms with Crippen LogP contribution < -0.4 is 0 Å². The second-order valence-corrected chi connectivity index (χ2v) is 14.5. The molecule has 12 nitrogen and oxygen atoms in total. The van der Waals surface area contributed by atoms with Crippen molar-refractivity contribution in [3.63, 3.8) is 0 Å². The molecule has 0 unspecified atom stereocenters. The smallest absolute Gasteiger partial charge is 0.360 e. The normalized spacial score (nSPS) is 28.3. The summed E-state index contributed by atoms with van der Waals surface area (Å²) in [6.45, 7) is 11.0. The van der Waals surface area contributed by atoms with E-state index in [0.29, 0.717) is 18.7 Å². The quantitative estimate of drug-likeness (QED) is 0.165. The highest BCUT2D eigenvalue weighted by molar-refractivity contribution is 5.87. The summed E-state index contributed by atoms with van der Waals surface area (Å²) in [6, 6.07) is 0. The van der Waals surface area contributed by atoms with Crippen LogP contribution in [0.25, 0.3) is 6.08 Å². The average molecular weight is 759 g/mol. The van der Waals surface area contributed by atoms with Crippen LogP contribution in [0.5, 0.6) is 0 Å². The number of methoxy groups -OCH3 is 1. The molecule has 0 aromatic carbocycles. The van der Waals surface area contributed by atoms with Crippen LogP contribution in [0.2, 0.25) is 0 Å². The second-order valence-electron chi connectivity index (χ2n) is 14.5. The van der Waals surface area contributed by atoms with Crippen molar-refractivity contribution in [1.29, 1.82) is 0 Å². The Morgan fingerprint density at radius 2 is 1.31 bits per heavy atom. The predicted molar refractivity (Wildman–Crippen MR) is 208 cm³/mol. The minimum Gasteiger partial charge on any atom is -0.457 e. The van der Waals surface area contributed by atoms with Gasteiger partial charge in [0.1, 0.15) is 36.9 Å². The number of hydrogen-bond acceptors (Lipinski definition) is 12. The molecule has 0 radical (unpaired) electrons. The van der Waals surface area contributed by atoms with Crippen LogP contribution in [0.4, 0.5) is 0 Å². The first-order valence-electron chi connectivity index (χ1n) is 18.4. The lowest BCUT2D eigenvalue weighted by Gasteiger charge is -2.36. The number of allylic oxidation sites excluding steroid dienone is 8. The van der Waals surface area contributed by atoms with Crippen molar-refractivity contribution in [2.45, 2.75) is 104 Å². The number of rotatable bonds is 7. The fourth-order valence-corrected chi connectivity index (χ4v) is 5.68. The van der Waals surface area contributed by atoms with Gasteiger partial charge in [-0.25, -0.2) is 19.6 Å². The Hall–Kier alpha value is -4.88. The number of cyclic esters (lactones) is 2. The summed E-state index contributed by atoms with van der Waals surface area (Å²) in [4.78, 5) is 35.2. The van der Waals surface area contributed by atoms with E-state index in [1.165, 1.54) is 12.5 Å². The Kier molecular flexibility index (Phi) is 15.7. The fraction of sp³-hybridized carbons (Fsp3) is 0.442. The number of aromatic nitrogens is 2. The number of nitrogens with zero attached hydrogens (tertiary/aromatic N) is 2. The number of oxazole rings is 2. The van der Waals surface area contributed by atoms with E-state index in [0.717, 1.165) is 0 Å². The highest BCUT2D eigenvalue weighted by Gasteiger charge is 2.40. The zero-order valence-corrected chi connectivity index (χ0v) is 32.6. The zero-order chi connectivity index (χ0) is 40.0. The van der Waals surface area contributed by atoms with Gasteiger partial charge in [-0.15, -0.1) is 0 Å². The van der Waals surface area contributed by atoms with Crippen molar-refractivity contribution in [3.8, 4) is 0 Å². The molecular weight excluding hydrogens is 704 g/mol. The standard InChI is InChI=1S/C43H54N2O10/c1-8-18-34(46)42(3,4)36-23-14-12-10-11-13-20-29(50-7)26-39-45-31(28-52-39)41(49)55-37(43(5,6)35(47)19-9-2)24-17-22-33-32(53-33)21-15-16-25-38-44-30(27-51-38)40(48)54-36/h8-22,25,27-29,32-37,46-47H,23-24,26H2,1-7H3/b11-10-,14-12-,18-8+,19-9+,20-13+,21-15+,22-17-,25-16-/t29-,32+,33-,34+,35+,36+,37+/m1/s1. The Morgan fingerprint density at radius 3 is 1.95 bits per heavy atom. The van der Waals surface area contributed by atoms with Crippen molar-refractivity contribution in [3.05, 3.63) is 127 Å². The van der Waals surface area contributed by atoms with Crippen molar-refractivity contribution in [1.82, 2.24) is 9.97 Å². The summed E-state index contributed by atoms with van der Waals surface area (Å²) in [7, 11) is 1.56. The van der Waals surface area contributed by atoms with Crippen molar-refractivity contribution in [2.24, 2.45) is 10.8 Å². The lowest BCUT2D eigenvalue weighted by molar-refractivity contribution is -0.0461. The number of aliphatic hydroxyl groups excluding tert-OH is 2. The summed E-state index contributed by atoms with van der Waals surface area (Å²) in [6.07, 6.45) is 28.0. The third-order valence-corrected chi connectivity index (χ3v) is 9.64. The van der Waals surface area contributed by atoms with Crippen LogP contribution in [-0.2, 0) is 25.4 Å². The predicted octanol–water partition coefficient (Wildman–Crippen LogP) is 7.25. The SMILES string of the molecule is C/C=C/[C@H](O)C(C)(C)[C@@H]1C\C=C/C=C\C=C\[C@@H](OC)Cc2nc(co2)C(=O)O[C@H](C(C)(C)[C@@H](O)/C=C/C)C/C=C\[C@H]2O[C@H]2/C=C/C=C\c2nc(co2)C(=O)O1.